The summed E-state index contributed by atoms with van der Waals surface area (Å²) in [5.74, 6) is 0. The summed E-state index contributed by atoms with van der Waals surface area (Å²) in [6.07, 6.45) is 0.0218. The van der Waals surface area contributed by atoms with Gasteiger partial charge in [-0.05, 0) is 75.0 Å². The molecule has 0 saturated carbocycles. The Morgan fingerprint density at radius 3 is 2.52 bits per heavy atom. The highest BCUT2D eigenvalue weighted by Crippen LogP contribution is 2.33. The zero-order valence-electron chi connectivity index (χ0n) is 16.9. The number of halogens is 1. The number of amides is 1. The van der Waals surface area contributed by atoms with Gasteiger partial charge in [0, 0.05) is 25.7 Å². The van der Waals surface area contributed by atoms with E-state index in [4.69, 9.17) is 9.47 Å². The topological polar surface area (TPSA) is 83.9 Å². The van der Waals surface area contributed by atoms with E-state index in [9.17, 15) is 9.90 Å². The van der Waals surface area contributed by atoms with Crippen molar-refractivity contribution in [2.24, 2.45) is 0 Å². The molecule has 1 unspecified atom stereocenters. The van der Waals surface area contributed by atoms with Crippen LogP contribution in [0.15, 0.2) is 10.7 Å². The number of carbonyl (C=O) groups is 1. The highest BCUT2D eigenvalue weighted by Gasteiger charge is 2.34. The summed E-state index contributed by atoms with van der Waals surface area (Å²) in [5.41, 5.74) is 1.46. The quantitative estimate of drug-likeness (QED) is 0.545. The van der Waals surface area contributed by atoms with Crippen molar-refractivity contribution in [2.75, 3.05) is 25.1 Å². The first-order valence-electron chi connectivity index (χ1n) is 9.08. The summed E-state index contributed by atoms with van der Waals surface area (Å²) in [5, 5.41) is 13.2. The van der Waals surface area contributed by atoms with E-state index in [1.165, 1.54) is 7.11 Å². The Balaban J connectivity index is 2.11. The Kier molecular flexibility index (Phi) is 6.76. The minimum atomic E-state index is -1.09. The fourth-order valence-corrected chi connectivity index (χ4v) is 3.36. The number of anilines is 1. The van der Waals surface area contributed by atoms with Crippen LogP contribution in [0.25, 0.3) is 0 Å². The monoisotopic (exact) mass is 443 g/mol. The van der Waals surface area contributed by atoms with E-state index in [2.05, 4.69) is 31.1 Å². The van der Waals surface area contributed by atoms with Crippen LogP contribution in [-0.4, -0.2) is 47.5 Å². The van der Waals surface area contributed by atoms with Crippen LogP contribution in [0.1, 0.15) is 58.1 Å². The molecule has 1 aromatic heterocycles. The van der Waals surface area contributed by atoms with Gasteiger partial charge in [-0.25, -0.2) is 9.78 Å². The second-order valence-electron chi connectivity index (χ2n) is 8.26. The van der Waals surface area contributed by atoms with Gasteiger partial charge in [0.15, 0.2) is 6.29 Å². The molecule has 0 bridgehead atoms. The number of aromatic nitrogens is 1. The molecule has 1 aliphatic rings. The summed E-state index contributed by atoms with van der Waals surface area (Å²) in [6.45, 7) is 11.0. The number of aliphatic hydroxyl groups is 1. The van der Waals surface area contributed by atoms with Crippen molar-refractivity contribution >= 4 is 27.7 Å². The number of ether oxygens (including phenoxy) is 2. The molecule has 27 heavy (non-hydrogen) atoms. The molecule has 2 heterocycles. The number of nitrogens with zero attached hydrogens (tertiary/aromatic N) is 2. The van der Waals surface area contributed by atoms with Crippen LogP contribution < -0.4 is 10.2 Å². The molecule has 0 aliphatic carbocycles. The third kappa shape index (κ3) is 5.80. The first-order valence-corrected chi connectivity index (χ1v) is 9.87. The van der Waals surface area contributed by atoms with Gasteiger partial charge >= 0.3 is 6.09 Å². The lowest BCUT2D eigenvalue weighted by Crippen LogP contribution is -2.54. The Labute approximate surface area is 169 Å². The summed E-state index contributed by atoms with van der Waals surface area (Å²) in [7, 11) is 1.45. The number of hydrogen-bond acceptors (Lipinski definition) is 6. The van der Waals surface area contributed by atoms with Crippen LogP contribution in [0, 0.1) is 6.92 Å². The normalized spacial score (nSPS) is 18.1. The number of nitrogens with one attached hydrogen (secondary N) is 1. The SMILES string of the molecule is COC(O)c1nc(Br)c(C)cc1N1CCC(C)(NC(=O)OC(C)(C)C)CC1. The van der Waals surface area contributed by atoms with Crippen molar-refractivity contribution in [1.29, 1.82) is 0 Å². The lowest BCUT2D eigenvalue weighted by atomic mass is 9.89. The van der Waals surface area contributed by atoms with Gasteiger partial charge in [-0.2, -0.15) is 0 Å². The maximum atomic E-state index is 12.1. The van der Waals surface area contributed by atoms with Crippen LogP contribution in [0.5, 0.6) is 0 Å². The molecule has 1 fully saturated rings. The molecule has 2 N–H and O–H groups in total. The Hall–Kier alpha value is -1.38. The van der Waals surface area contributed by atoms with Gasteiger partial charge in [-0.15, -0.1) is 0 Å². The highest BCUT2D eigenvalue weighted by atomic mass is 79.9. The number of aryl methyl sites for hydroxylation is 1. The second-order valence-corrected chi connectivity index (χ2v) is 9.01. The molecule has 1 aromatic rings. The predicted octanol–water partition coefficient (Wildman–Crippen LogP) is 3.67. The Morgan fingerprint density at radius 2 is 2.00 bits per heavy atom. The average Bonchev–Trinajstić information content (AvgIpc) is 2.55. The van der Waals surface area contributed by atoms with Crippen molar-refractivity contribution < 1.29 is 19.4 Å². The summed E-state index contributed by atoms with van der Waals surface area (Å²) in [6, 6.07) is 2.00. The number of hydrogen-bond donors (Lipinski definition) is 2. The van der Waals surface area contributed by atoms with Crippen LogP contribution in [-0.2, 0) is 9.47 Å². The van der Waals surface area contributed by atoms with E-state index in [0.29, 0.717) is 10.3 Å². The number of pyridine rings is 1. The zero-order valence-corrected chi connectivity index (χ0v) is 18.5. The highest BCUT2D eigenvalue weighted by molar-refractivity contribution is 9.10. The average molecular weight is 444 g/mol. The molecule has 1 amide bonds. The summed E-state index contributed by atoms with van der Waals surface area (Å²) >= 11 is 3.41. The maximum Gasteiger partial charge on any atom is 0.408 e. The molecular weight excluding hydrogens is 414 g/mol. The molecule has 1 atom stereocenters. The van der Waals surface area contributed by atoms with Crippen LogP contribution in [0.4, 0.5) is 10.5 Å². The summed E-state index contributed by atoms with van der Waals surface area (Å²) < 4.78 is 11.1. The van der Waals surface area contributed by atoms with E-state index in [0.717, 1.165) is 37.2 Å². The Morgan fingerprint density at radius 1 is 1.41 bits per heavy atom. The second kappa shape index (κ2) is 8.32. The van der Waals surface area contributed by atoms with Gasteiger partial charge < -0.3 is 24.8 Å². The van der Waals surface area contributed by atoms with E-state index in [1.807, 2.05) is 40.7 Å². The van der Waals surface area contributed by atoms with E-state index < -0.39 is 18.0 Å². The Bertz CT molecular complexity index is 682. The minimum absolute atomic E-state index is 0.337. The number of rotatable bonds is 4. The van der Waals surface area contributed by atoms with Crippen molar-refractivity contribution in [3.05, 3.63) is 21.9 Å². The molecule has 0 radical (unpaired) electrons. The molecule has 0 spiro atoms. The molecule has 1 saturated heterocycles. The van der Waals surface area contributed by atoms with Gasteiger partial charge in [0.1, 0.15) is 15.9 Å². The van der Waals surface area contributed by atoms with E-state index >= 15 is 0 Å². The van der Waals surface area contributed by atoms with Gasteiger partial charge in [0.25, 0.3) is 0 Å². The first-order chi connectivity index (χ1) is 12.4. The molecule has 7 nitrogen and oxygen atoms in total. The van der Waals surface area contributed by atoms with Gasteiger partial charge in [-0.3, -0.25) is 0 Å². The third-order valence-electron chi connectivity index (χ3n) is 4.63. The largest absolute Gasteiger partial charge is 0.444 e. The number of alkyl carbamates (subject to hydrolysis) is 1. The standard InChI is InChI=1S/C19H30BrN3O4/c1-12-11-13(14(16(24)26-6)21-15(12)20)23-9-7-19(5,8-10-23)22-17(25)27-18(2,3)4/h11,16,24H,7-10H2,1-6H3,(H,22,25). The number of piperidine rings is 1. The van der Waals surface area contributed by atoms with Gasteiger partial charge in [0.2, 0.25) is 0 Å². The molecule has 1 aliphatic heterocycles. The number of aliphatic hydroxyl groups excluding tert-OH is 1. The van der Waals surface area contributed by atoms with Crippen molar-refractivity contribution in [2.45, 2.75) is 64.9 Å². The van der Waals surface area contributed by atoms with Gasteiger partial charge in [-0.1, -0.05) is 0 Å². The fraction of sp³-hybridized carbons (Fsp3) is 0.684. The van der Waals surface area contributed by atoms with E-state index in [-0.39, 0.29) is 5.54 Å². The molecule has 8 heteroatoms. The molecular formula is C19H30BrN3O4. The van der Waals surface area contributed by atoms with Crippen molar-refractivity contribution in [3.8, 4) is 0 Å². The van der Waals surface area contributed by atoms with Crippen molar-refractivity contribution in [1.82, 2.24) is 10.3 Å². The predicted molar refractivity (Wildman–Crippen MR) is 108 cm³/mol. The number of methoxy groups -OCH3 is 1. The van der Waals surface area contributed by atoms with Crippen LogP contribution in [0.3, 0.4) is 0 Å². The lowest BCUT2D eigenvalue weighted by Gasteiger charge is -2.41. The van der Waals surface area contributed by atoms with Gasteiger partial charge in [0.05, 0.1) is 5.69 Å². The summed E-state index contributed by atoms with van der Waals surface area (Å²) in [4.78, 5) is 18.8. The fourth-order valence-electron chi connectivity index (χ4n) is 3.05. The minimum Gasteiger partial charge on any atom is -0.444 e. The third-order valence-corrected chi connectivity index (χ3v) is 5.43. The van der Waals surface area contributed by atoms with Crippen LogP contribution >= 0.6 is 15.9 Å². The first kappa shape index (κ1) is 21.9. The van der Waals surface area contributed by atoms with Crippen molar-refractivity contribution in [3.63, 3.8) is 0 Å². The lowest BCUT2D eigenvalue weighted by molar-refractivity contribution is -0.0796. The zero-order chi connectivity index (χ0) is 20.4. The number of carbonyl (C=O) groups excluding carboxylic acids is 1. The molecule has 152 valence electrons. The maximum absolute atomic E-state index is 12.1. The smallest absolute Gasteiger partial charge is 0.408 e. The van der Waals surface area contributed by atoms with Crippen LogP contribution in [0.2, 0.25) is 0 Å². The van der Waals surface area contributed by atoms with E-state index in [1.54, 1.807) is 0 Å². The molecule has 2 rings (SSSR count). The molecule has 0 aromatic carbocycles.